The summed E-state index contributed by atoms with van der Waals surface area (Å²) in [5.74, 6) is 0.142. The van der Waals surface area contributed by atoms with E-state index in [-0.39, 0.29) is 24.3 Å². The third-order valence-electron chi connectivity index (χ3n) is 3.63. The second-order valence-corrected chi connectivity index (χ2v) is 6.19. The van der Waals surface area contributed by atoms with Gasteiger partial charge in [-0.25, -0.2) is 14.2 Å². The number of rotatable bonds is 3. The monoisotopic (exact) mass is 349 g/mol. The zero-order valence-corrected chi connectivity index (χ0v) is 13.8. The first kappa shape index (κ1) is 16.3. The van der Waals surface area contributed by atoms with Gasteiger partial charge in [-0.15, -0.1) is 0 Å². The Morgan fingerprint density at radius 2 is 2.08 bits per heavy atom. The molecule has 0 unspecified atom stereocenters. The Kier molecular flexibility index (Phi) is 4.70. The van der Waals surface area contributed by atoms with Crippen LogP contribution in [0, 0.1) is 12.7 Å². The van der Waals surface area contributed by atoms with E-state index in [0.717, 1.165) is 17.1 Å². The number of aryl methyl sites for hydroxylation is 1. The molecule has 24 heavy (non-hydrogen) atoms. The fourth-order valence-electron chi connectivity index (χ4n) is 2.38. The van der Waals surface area contributed by atoms with E-state index in [4.69, 9.17) is 0 Å². The van der Waals surface area contributed by atoms with Crippen molar-refractivity contribution in [2.75, 3.05) is 25.0 Å². The molecule has 9 heteroatoms. The van der Waals surface area contributed by atoms with Crippen molar-refractivity contribution in [3.8, 4) is 0 Å². The van der Waals surface area contributed by atoms with Crippen LogP contribution in [0.4, 0.5) is 14.3 Å². The average Bonchev–Trinajstić information content (AvgIpc) is 2.96. The fraction of sp³-hybridized carbons (Fsp3) is 0.333. The molecule has 0 spiro atoms. The lowest BCUT2D eigenvalue weighted by molar-refractivity contribution is -0.135. The number of halogens is 1. The molecule has 0 radical (unpaired) electrons. The van der Waals surface area contributed by atoms with Crippen molar-refractivity contribution in [2.45, 2.75) is 13.5 Å². The zero-order valence-electron chi connectivity index (χ0n) is 13.0. The first-order valence-corrected chi connectivity index (χ1v) is 8.17. The number of benzene rings is 1. The lowest BCUT2D eigenvalue weighted by atomic mass is 10.2. The molecule has 126 valence electrons. The smallest absolute Gasteiger partial charge is 0.324 e. The van der Waals surface area contributed by atoms with Gasteiger partial charge in [-0.05, 0) is 24.6 Å². The minimum Gasteiger partial charge on any atom is -0.335 e. The van der Waals surface area contributed by atoms with Gasteiger partial charge in [-0.2, -0.15) is 4.37 Å². The zero-order chi connectivity index (χ0) is 17.1. The Balaban J connectivity index is 1.55. The maximum atomic E-state index is 12.9. The van der Waals surface area contributed by atoms with Crippen LogP contribution in [0.3, 0.4) is 0 Å². The molecule has 1 fully saturated rings. The van der Waals surface area contributed by atoms with Crippen LogP contribution in [0.2, 0.25) is 0 Å². The summed E-state index contributed by atoms with van der Waals surface area (Å²) in [6, 6.07) is 5.68. The van der Waals surface area contributed by atoms with Crippen LogP contribution in [-0.4, -0.2) is 50.7 Å². The molecule has 1 aliphatic heterocycles. The highest BCUT2D eigenvalue weighted by Crippen LogP contribution is 2.14. The molecule has 0 bridgehead atoms. The van der Waals surface area contributed by atoms with E-state index in [1.54, 1.807) is 24.0 Å². The van der Waals surface area contributed by atoms with Crippen LogP contribution in [0.1, 0.15) is 11.4 Å². The standard InChI is InChI=1S/C15H16FN5O2S/c1-10-17-14(24-19-10)18-15(23)21-7-6-20(13(22)9-21)8-11-2-4-12(16)5-3-11/h2-5H,6-9H2,1H3,(H,17,18,19,23). The minimum atomic E-state index is -0.360. The van der Waals surface area contributed by atoms with Gasteiger partial charge < -0.3 is 9.80 Å². The van der Waals surface area contributed by atoms with Crippen LogP contribution >= 0.6 is 11.5 Å². The van der Waals surface area contributed by atoms with Gasteiger partial charge in [0.25, 0.3) is 0 Å². The molecular weight excluding hydrogens is 333 g/mol. The van der Waals surface area contributed by atoms with E-state index in [1.165, 1.54) is 17.0 Å². The summed E-state index contributed by atoms with van der Waals surface area (Å²) in [6.45, 7) is 3.01. The van der Waals surface area contributed by atoms with Crippen molar-refractivity contribution in [3.63, 3.8) is 0 Å². The van der Waals surface area contributed by atoms with E-state index in [9.17, 15) is 14.0 Å². The minimum absolute atomic E-state index is 0.00478. The number of anilines is 1. The average molecular weight is 349 g/mol. The summed E-state index contributed by atoms with van der Waals surface area (Å²) in [5.41, 5.74) is 0.854. The van der Waals surface area contributed by atoms with Crippen molar-refractivity contribution in [2.24, 2.45) is 0 Å². The summed E-state index contributed by atoms with van der Waals surface area (Å²) < 4.78 is 16.9. The third kappa shape index (κ3) is 3.85. The Morgan fingerprint density at radius 3 is 2.71 bits per heavy atom. The van der Waals surface area contributed by atoms with Gasteiger partial charge in [0.2, 0.25) is 11.0 Å². The second kappa shape index (κ2) is 6.91. The van der Waals surface area contributed by atoms with Crippen LogP contribution in [-0.2, 0) is 11.3 Å². The summed E-state index contributed by atoms with van der Waals surface area (Å²) in [5, 5.41) is 3.06. The van der Waals surface area contributed by atoms with Crippen LogP contribution in [0.5, 0.6) is 0 Å². The van der Waals surface area contributed by atoms with Crippen molar-refractivity contribution in [1.29, 1.82) is 0 Å². The summed E-state index contributed by atoms with van der Waals surface area (Å²) in [7, 11) is 0. The first-order chi connectivity index (χ1) is 11.5. The van der Waals surface area contributed by atoms with Gasteiger partial charge in [0.15, 0.2) is 0 Å². The van der Waals surface area contributed by atoms with Gasteiger partial charge in [0.05, 0.1) is 0 Å². The van der Waals surface area contributed by atoms with E-state index in [0.29, 0.717) is 30.6 Å². The highest BCUT2D eigenvalue weighted by atomic mass is 32.1. The molecule has 1 aliphatic rings. The molecule has 2 heterocycles. The number of piperazine rings is 1. The number of carbonyl (C=O) groups is 2. The van der Waals surface area contributed by atoms with E-state index in [2.05, 4.69) is 14.7 Å². The van der Waals surface area contributed by atoms with Crippen LogP contribution in [0.25, 0.3) is 0 Å². The topological polar surface area (TPSA) is 78.4 Å². The van der Waals surface area contributed by atoms with Gasteiger partial charge in [0.1, 0.15) is 18.2 Å². The molecule has 3 rings (SSSR count). The van der Waals surface area contributed by atoms with Crippen molar-refractivity contribution in [3.05, 3.63) is 41.5 Å². The van der Waals surface area contributed by atoms with E-state index < -0.39 is 0 Å². The quantitative estimate of drug-likeness (QED) is 0.917. The van der Waals surface area contributed by atoms with Crippen molar-refractivity contribution < 1.29 is 14.0 Å². The lowest BCUT2D eigenvalue weighted by Crippen LogP contribution is -2.52. The third-order valence-corrected chi connectivity index (χ3v) is 4.36. The Labute approximate surface area is 142 Å². The predicted octanol–water partition coefficient (Wildman–Crippen LogP) is 1.86. The highest BCUT2D eigenvalue weighted by Gasteiger charge is 2.27. The maximum absolute atomic E-state index is 12.9. The van der Waals surface area contributed by atoms with Gasteiger partial charge in [-0.3, -0.25) is 10.1 Å². The number of hydrogen-bond acceptors (Lipinski definition) is 5. The number of amides is 3. The van der Waals surface area contributed by atoms with E-state index >= 15 is 0 Å². The number of nitrogens with one attached hydrogen (secondary N) is 1. The Hall–Kier alpha value is -2.55. The van der Waals surface area contributed by atoms with Crippen molar-refractivity contribution >= 4 is 28.6 Å². The summed E-state index contributed by atoms with van der Waals surface area (Å²) in [4.78, 5) is 31.6. The molecule has 2 aromatic rings. The number of nitrogens with zero attached hydrogens (tertiary/aromatic N) is 4. The molecule has 1 saturated heterocycles. The summed E-state index contributed by atoms with van der Waals surface area (Å²) in [6.07, 6.45) is 0. The molecule has 0 aliphatic carbocycles. The van der Waals surface area contributed by atoms with E-state index in [1.807, 2.05) is 0 Å². The second-order valence-electron chi connectivity index (χ2n) is 5.44. The lowest BCUT2D eigenvalue weighted by Gasteiger charge is -2.34. The Bertz CT molecular complexity index is 749. The highest BCUT2D eigenvalue weighted by molar-refractivity contribution is 7.09. The Morgan fingerprint density at radius 1 is 1.33 bits per heavy atom. The number of aromatic nitrogens is 2. The van der Waals surface area contributed by atoms with Crippen LogP contribution in [0.15, 0.2) is 24.3 Å². The molecule has 1 aromatic heterocycles. The van der Waals surface area contributed by atoms with Gasteiger partial charge >= 0.3 is 6.03 Å². The molecule has 0 saturated carbocycles. The molecule has 7 nitrogen and oxygen atoms in total. The maximum Gasteiger partial charge on any atom is 0.324 e. The number of hydrogen-bond donors (Lipinski definition) is 1. The molecule has 0 atom stereocenters. The largest absolute Gasteiger partial charge is 0.335 e. The number of urea groups is 1. The normalized spacial score (nSPS) is 14.8. The summed E-state index contributed by atoms with van der Waals surface area (Å²) >= 11 is 1.10. The van der Waals surface area contributed by atoms with Crippen LogP contribution < -0.4 is 5.32 Å². The molecule has 1 N–H and O–H groups in total. The van der Waals surface area contributed by atoms with Gasteiger partial charge in [-0.1, -0.05) is 12.1 Å². The molecule has 1 aromatic carbocycles. The SMILES string of the molecule is Cc1nsc(NC(=O)N2CCN(Cc3ccc(F)cc3)C(=O)C2)n1. The fourth-order valence-corrected chi connectivity index (χ4v) is 2.94. The predicted molar refractivity (Wildman–Crippen MR) is 87.1 cm³/mol. The molecule has 3 amide bonds. The van der Waals surface area contributed by atoms with Gasteiger partial charge in [0, 0.05) is 31.2 Å². The molecular formula is C15H16FN5O2S. The first-order valence-electron chi connectivity index (χ1n) is 7.40. The van der Waals surface area contributed by atoms with Crippen molar-refractivity contribution in [1.82, 2.24) is 19.2 Å². The number of carbonyl (C=O) groups excluding carboxylic acids is 2.